The first kappa shape index (κ1) is 16.4. The Bertz CT molecular complexity index is 620. The zero-order valence-corrected chi connectivity index (χ0v) is 12.4. The number of nitrogens with zero attached hydrogens (tertiary/aromatic N) is 2. The van der Waals surface area contributed by atoms with Gasteiger partial charge in [-0.3, -0.25) is 9.36 Å². The van der Waals surface area contributed by atoms with Gasteiger partial charge in [0.05, 0.1) is 6.61 Å². The van der Waals surface area contributed by atoms with Crippen LogP contribution >= 0.6 is 0 Å². The molecule has 2 rings (SSSR count). The largest absolute Gasteiger partial charge is 0.501 e. The van der Waals surface area contributed by atoms with E-state index < -0.39 is 28.6 Å². The molecule has 0 unspecified atom stereocenters. The lowest BCUT2D eigenvalue weighted by Gasteiger charge is -2.41. The fourth-order valence-electron chi connectivity index (χ4n) is 2.60. The quantitative estimate of drug-likeness (QED) is 0.625. The van der Waals surface area contributed by atoms with Crippen molar-refractivity contribution in [2.45, 2.75) is 44.8 Å². The van der Waals surface area contributed by atoms with Crippen molar-refractivity contribution in [3.8, 4) is 5.75 Å². The maximum absolute atomic E-state index is 12.2. The first-order valence-corrected chi connectivity index (χ1v) is 7.29. The van der Waals surface area contributed by atoms with Crippen LogP contribution in [0, 0.1) is 0 Å². The molecule has 1 heterocycles. The van der Waals surface area contributed by atoms with Gasteiger partial charge in [0.15, 0.2) is 5.69 Å². The molecule has 1 aromatic rings. The van der Waals surface area contributed by atoms with Gasteiger partial charge in [0, 0.05) is 13.2 Å². The van der Waals surface area contributed by atoms with Crippen LogP contribution in [0.5, 0.6) is 5.75 Å². The van der Waals surface area contributed by atoms with E-state index in [0.29, 0.717) is 25.9 Å². The van der Waals surface area contributed by atoms with Crippen molar-refractivity contribution in [2.75, 3.05) is 13.2 Å². The lowest BCUT2D eigenvalue weighted by molar-refractivity contribution is -0.118. The summed E-state index contributed by atoms with van der Waals surface area (Å²) in [7, 11) is 0. The van der Waals surface area contributed by atoms with Crippen molar-refractivity contribution in [2.24, 2.45) is 0 Å². The number of rotatable bonds is 7. The van der Waals surface area contributed by atoms with E-state index in [1.165, 1.54) is 4.57 Å². The molecule has 0 atom stereocenters. The minimum Gasteiger partial charge on any atom is -0.501 e. The average Bonchev–Trinajstić information content (AvgIpc) is 2.44. The highest BCUT2D eigenvalue weighted by Crippen LogP contribution is 2.44. The van der Waals surface area contributed by atoms with E-state index in [2.05, 4.69) is 4.98 Å². The zero-order chi connectivity index (χ0) is 16.3. The molecule has 1 aromatic heterocycles. The molecule has 0 bridgehead atoms. The topological polar surface area (TPSA) is 122 Å². The molecule has 1 saturated carbocycles. The Balaban J connectivity index is 2.52. The summed E-state index contributed by atoms with van der Waals surface area (Å²) in [5.41, 5.74) is -2.24. The third kappa shape index (κ3) is 2.71. The van der Waals surface area contributed by atoms with Crippen LogP contribution in [0.15, 0.2) is 4.79 Å². The monoisotopic (exact) mass is 312 g/mol. The summed E-state index contributed by atoms with van der Waals surface area (Å²) in [6.45, 7) is 2.24. The molecule has 0 aromatic carbocycles. The second-order valence-electron chi connectivity index (χ2n) is 5.26. The fraction of sp³-hybridized carbons (Fsp3) is 0.643. The number of aliphatic hydroxyl groups excluding tert-OH is 1. The fourth-order valence-corrected chi connectivity index (χ4v) is 2.60. The number of carboxylic acid groups (broad SMARTS) is 1. The van der Waals surface area contributed by atoms with Crippen LogP contribution in [0.25, 0.3) is 0 Å². The van der Waals surface area contributed by atoms with Gasteiger partial charge in [-0.2, -0.15) is 0 Å². The molecule has 122 valence electrons. The first-order valence-electron chi connectivity index (χ1n) is 7.29. The maximum Gasteiger partial charge on any atom is 0.358 e. The smallest absolute Gasteiger partial charge is 0.358 e. The molecular weight excluding hydrogens is 292 g/mol. The number of hydrogen-bond acceptors (Lipinski definition) is 6. The molecule has 8 nitrogen and oxygen atoms in total. The molecular formula is C14H20N2O6. The lowest BCUT2D eigenvalue weighted by atomic mass is 9.78. The minimum atomic E-state index is -1.45. The Morgan fingerprint density at radius 1 is 1.45 bits per heavy atom. The third-order valence-electron chi connectivity index (χ3n) is 3.91. The van der Waals surface area contributed by atoms with Crippen molar-refractivity contribution in [3.05, 3.63) is 21.9 Å². The van der Waals surface area contributed by atoms with Crippen molar-refractivity contribution >= 4 is 5.97 Å². The second-order valence-corrected chi connectivity index (χ2v) is 5.26. The van der Waals surface area contributed by atoms with Gasteiger partial charge in [0.2, 0.25) is 5.75 Å². The van der Waals surface area contributed by atoms with E-state index in [0.717, 1.165) is 6.42 Å². The first-order chi connectivity index (χ1) is 10.5. The summed E-state index contributed by atoms with van der Waals surface area (Å²) >= 11 is 0. The zero-order valence-electron chi connectivity index (χ0n) is 12.4. The Hall–Kier alpha value is -1.93. The number of aromatic hydroxyl groups is 1. The normalized spacial score (nSPS) is 16.3. The lowest BCUT2D eigenvalue weighted by Crippen LogP contribution is -2.44. The van der Waals surface area contributed by atoms with Gasteiger partial charge in [-0.05, 0) is 32.6 Å². The molecule has 0 spiro atoms. The summed E-state index contributed by atoms with van der Waals surface area (Å²) in [6.07, 6.45) is 2.56. The van der Waals surface area contributed by atoms with Crippen molar-refractivity contribution < 1.29 is 24.9 Å². The SMILES string of the molecule is CCn1c(C2(OCCCO)CCC2)nc(C(=O)O)c(O)c1=O. The summed E-state index contributed by atoms with van der Waals surface area (Å²) in [5.74, 6) is -2.08. The number of carbonyl (C=O) groups is 1. The molecule has 0 saturated heterocycles. The van der Waals surface area contributed by atoms with Gasteiger partial charge in [0.25, 0.3) is 5.56 Å². The number of ether oxygens (including phenoxy) is 1. The Morgan fingerprint density at radius 3 is 2.59 bits per heavy atom. The molecule has 0 aliphatic heterocycles. The summed E-state index contributed by atoms with van der Waals surface area (Å²) in [6, 6.07) is 0. The van der Waals surface area contributed by atoms with E-state index in [-0.39, 0.29) is 19.0 Å². The summed E-state index contributed by atoms with van der Waals surface area (Å²) < 4.78 is 7.06. The van der Waals surface area contributed by atoms with Crippen molar-refractivity contribution in [3.63, 3.8) is 0 Å². The minimum absolute atomic E-state index is 0.0138. The summed E-state index contributed by atoms with van der Waals surface area (Å²) in [5, 5.41) is 27.7. The van der Waals surface area contributed by atoms with Crippen LogP contribution in [-0.4, -0.2) is 44.1 Å². The molecule has 3 N–H and O–H groups in total. The Morgan fingerprint density at radius 2 is 2.14 bits per heavy atom. The van der Waals surface area contributed by atoms with E-state index in [4.69, 9.17) is 14.9 Å². The van der Waals surface area contributed by atoms with Crippen LogP contribution in [0.3, 0.4) is 0 Å². The van der Waals surface area contributed by atoms with E-state index in [9.17, 15) is 14.7 Å². The number of aliphatic hydroxyl groups is 1. The number of aromatic nitrogens is 2. The van der Waals surface area contributed by atoms with Crippen LogP contribution in [-0.2, 0) is 16.9 Å². The van der Waals surface area contributed by atoms with Crippen molar-refractivity contribution in [1.29, 1.82) is 0 Å². The highest BCUT2D eigenvalue weighted by Gasteiger charge is 2.44. The van der Waals surface area contributed by atoms with Gasteiger partial charge < -0.3 is 20.1 Å². The van der Waals surface area contributed by atoms with Crippen molar-refractivity contribution in [1.82, 2.24) is 9.55 Å². The number of hydrogen-bond donors (Lipinski definition) is 3. The van der Waals surface area contributed by atoms with Crippen LogP contribution in [0.4, 0.5) is 0 Å². The number of carboxylic acids is 1. The predicted octanol–water partition coefficient (Wildman–Crippen LogP) is 0.445. The molecule has 1 aliphatic carbocycles. The van der Waals surface area contributed by atoms with E-state index in [1.807, 2.05) is 0 Å². The van der Waals surface area contributed by atoms with Gasteiger partial charge in [0.1, 0.15) is 11.4 Å². The van der Waals surface area contributed by atoms with Gasteiger partial charge in [-0.15, -0.1) is 0 Å². The van der Waals surface area contributed by atoms with Gasteiger partial charge in [-0.1, -0.05) is 0 Å². The molecule has 1 fully saturated rings. The van der Waals surface area contributed by atoms with Gasteiger partial charge in [-0.25, -0.2) is 9.78 Å². The average molecular weight is 312 g/mol. The third-order valence-corrected chi connectivity index (χ3v) is 3.91. The number of aromatic carboxylic acids is 1. The Labute approximate surface area is 127 Å². The predicted molar refractivity (Wildman–Crippen MR) is 76.0 cm³/mol. The van der Waals surface area contributed by atoms with Crippen LogP contribution < -0.4 is 5.56 Å². The van der Waals surface area contributed by atoms with Crippen LogP contribution in [0.1, 0.15) is 48.9 Å². The highest BCUT2D eigenvalue weighted by atomic mass is 16.5. The molecule has 0 radical (unpaired) electrons. The Kier molecular flexibility index (Phi) is 4.82. The molecule has 1 aliphatic rings. The molecule has 0 amide bonds. The molecule has 22 heavy (non-hydrogen) atoms. The van der Waals surface area contributed by atoms with E-state index in [1.54, 1.807) is 6.92 Å². The maximum atomic E-state index is 12.2. The van der Waals surface area contributed by atoms with Gasteiger partial charge >= 0.3 is 5.97 Å². The standard InChI is InChI=1S/C14H20N2O6/c1-2-16-11(19)10(18)9(12(20)21)15-13(16)14(5-3-6-14)22-8-4-7-17/h17-18H,2-8H2,1H3,(H,20,21). The highest BCUT2D eigenvalue weighted by molar-refractivity contribution is 5.88. The summed E-state index contributed by atoms with van der Waals surface area (Å²) in [4.78, 5) is 27.4. The second kappa shape index (κ2) is 6.45. The molecule has 8 heteroatoms. The van der Waals surface area contributed by atoms with Crippen LogP contribution in [0.2, 0.25) is 0 Å². The van der Waals surface area contributed by atoms with E-state index >= 15 is 0 Å².